The zero-order valence-corrected chi connectivity index (χ0v) is 58.3. The first-order valence-electron chi connectivity index (χ1n) is 39.3. The Balaban J connectivity index is 3.31. The van der Waals surface area contributed by atoms with Crippen molar-refractivity contribution in [3.8, 4) is 0 Å². The third-order valence-electron chi connectivity index (χ3n) is 18.4. The molecule has 0 aromatic carbocycles. The molecule has 0 aliphatic carbocycles. The van der Waals surface area contributed by atoms with Gasteiger partial charge in [0.1, 0.15) is 0 Å². The molecule has 0 aliphatic heterocycles. The maximum Gasteiger partial charge on any atom is 0.305 e. The van der Waals surface area contributed by atoms with Gasteiger partial charge >= 0.3 is 5.97 Å². The minimum atomic E-state index is -0.840. The van der Waals surface area contributed by atoms with Crippen LogP contribution < -0.4 is 5.32 Å². The lowest BCUT2D eigenvalue weighted by Gasteiger charge is -2.20. The number of rotatable bonds is 74. The van der Waals surface area contributed by atoms with Crippen LogP contribution in [0.3, 0.4) is 0 Å². The molecule has 86 heavy (non-hydrogen) atoms. The summed E-state index contributed by atoms with van der Waals surface area (Å²) in [6.45, 7) is 4.93. The van der Waals surface area contributed by atoms with E-state index in [9.17, 15) is 19.8 Å². The highest BCUT2D eigenvalue weighted by Gasteiger charge is 2.18. The van der Waals surface area contributed by atoms with Gasteiger partial charge in [-0.1, -0.05) is 378 Å². The number of aliphatic hydroxyl groups excluding tert-OH is 2. The summed E-state index contributed by atoms with van der Waals surface area (Å²) in [7, 11) is 0. The molecule has 0 bridgehead atoms. The molecule has 0 radical (unpaired) electrons. The molecule has 0 aromatic heterocycles. The third-order valence-corrected chi connectivity index (χ3v) is 18.4. The molecule has 6 heteroatoms. The van der Waals surface area contributed by atoms with Crippen molar-refractivity contribution < 1.29 is 24.5 Å². The van der Waals surface area contributed by atoms with Gasteiger partial charge in [0.25, 0.3) is 0 Å². The van der Waals surface area contributed by atoms with Crippen LogP contribution in [0.4, 0.5) is 0 Å². The number of nitrogens with one attached hydrogen (secondary N) is 1. The summed E-state index contributed by atoms with van der Waals surface area (Å²) < 4.78 is 5.51. The highest BCUT2D eigenvalue weighted by molar-refractivity contribution is 5.76. The van der Waals surface area contributed by atoms with Crippen molar-refractivity contribution in [2.24, 2.45) is 0 Å². The molecule has 0 saturated heterocycles. The van der Waals surface area contributed by atoms with Crippen molar-refractivity contribution in [1.82, 2.24) is 5.32 Å². The van der Waals surface area contributed by atoms with Gasteiger partial charge in [-0.3, -0.25) is 9.59 Å². The molecule has 0 saturated carbocycles. The molecule has 2 unspecified atom stereocenters. The fraction of sp³-hybridized carbons (Fsp3) is 0.900. The number of ether oxygens (including phenoxy) is 1. The monoisotopic (exact) mass is 1210 g/mol. The number of carbonyl (C=O) groups is 2. The fourth-order valence-electron chi connectivity index (χ4n) is 12.4. The van der Waals surface area contributed by atoms with Crippen LogP contribution in [0.5, 0.6) is 0 Å². The quantitative estimate of drug-likeness (QED) is 0.0320. The number of aliphatic hydroxyl groups is 2. The van der Waals surface area contributed by atoms with Crippen LogP contribution in [0.1, 0.15) is 438 Å². The highest BCUT2D eigenvalue weighted by atomic mass is 16.5. The van der Waals surface area contributed by atoms with E-state index < -0.39 is 12.1 Å². The van der Waals surface area contributed by atoms with E-state index in [0.717, 1.165) is 38.5 Å². The summed E-state index contributed by atoms with van der Waals surface area (Å²) in [6, 6.07) is -0.624. The first-order chi connectivity index (χ1) is 42.5. The van der Waals surface area contributed by atoms with Crippen LogP contribution in [-0.2, 0) is 14.3 Å². The predicted octanol–water partition coefficient (Wildman–Crippen LogP) is 25.8. The standard InChI is InChI=1S/C80H153NO5/c1-3-5-7-9-11-13-15-17-18-42-46-50-54-58-62-66-70-74-80(85)86-75-71-67-63-59-55-51-47-44-41-39-37-35-33-31-29-27-25-23-21-19-20-22-24-26-28-30-32-34-36-38-40-43-45-49-53-57-61-65-69-73-79(84)81-77(76-82)78(83)72-68-64-60-56-52-48-16-14-12-10-8-6-4-2/h17-20,68,72,77-78,82-83H,3-16,21-67,69-71,73-76H2,1-2H3,(H,81,84)/b18-17-,20-19-,72-68+. The SMILES string of the molecule is CCCCCCCC/C=C\CCCCCCCCCC(=O)OCCCCCCCCCCCCCCCCCCCC/C=C\CCCCCCCCCCCCCCCCCCCC(=O)NC(CO)C(O)/C=C/CCCCCCCCCCCCC. The van der Waals surface area contributed by atoms with E-state index in [1.807, 2.05) is 6.08 Å². The Hall–Kier alpha value is -1.92. The molecule has 0 aliphatic rings. The van der Waals surface area contributed by atoms with Crippen LogP contribution in [0.15, 0.2) is 36.5 Å². The van der Waals surface area contributed by atoms with E-state index in [1.54, 1.807) is 6.08 Å². The summed E-state index contributed by atoms with van der Waals surface area (Å²) in [5.41, 5.74) is 0. The number of hydrogen-bond acceptors (Lipinski definition) is 5. The molecular weight excluding hydrogens is 1050 g/mol. The topological polar surface area (TPSA) is 95.9 Å². The molecule has 508 valence electrons. The lowest BCUT2D eigenvalue weighted by atomic mass is 10.0. The van der Waals surface area contributed by atoms with E-state index in [4.69, 9.17) is 4.74 Å². The van der Waals surface area contributed by atoms with Gasteiger partial charge in [0, 0.05) is 12.8 Å². The molecule has 0 spiro atoms. The molecule has 0 aromatic rings. The summed E-state index contributed by atoms with van der Waals surface area (Å²) in [6.07, 6.45) is 98.5. The minimum absolute atomic E-state index is 0.0195. The average Bonchev–Trinajstić information content (AvgIpc) is 3.54. The molecule has 6 nitrogen and oxygen atoms in total. The summed E-state index contributed by atoms with van der Waals surface area (Å²) >= 11 is 0. The number of allylic oxidation sites excluding steroid dienone is 5. The van der Waals surface area contributed by atoms with E-state index >= 15 is 0 Å². The average molecular weight is 1210 g/mol. The van der Waals surface area contributed by atoms with Gasteiger partial charge in [-0.2, -0.15) is 0 Å². The van der Waals surface area contributed by atoms with Crippen LogP contribution >= 0.6 is 0 Å². The Morgan fingerprint density at radius 1 is 0.314 bits per heavy atom. The van der Waals surface area contributed by atoms with E-state index in [1.165, 1.54) is 372 Å². The second kappa shape index (κ2) is 75.5. The van der Waals surface area contributed by atoms with Crippen LogP contribution in [-0.4, -0.2) is 47.4 Å². The molecule has 0 heterocycles. The van der Waals surface area contributed by atoms with Gasteiger partial charge in [-0.25, -0.2) is 0 Å². The van der Waals surface area contributed by atoms with Crippen molar-refractivity contribution in [2.45, 2.75) is 450 Å². The lowest BCUT2D eigenvalue weighted by molar-refractivity contribution is -0.143. The lowest BCUT2D eigenvalue weighted by Crippen LogP contribution is -2.45. The molecular formula is C80H153NO5. The molecule has 1 amide bonds. The Morgan fingerprint density at radius 2 is 0.547 bits per heavy atom. The van der Waals surface area contributed by atoms with Gasteiger partial charge in [-0.15, -0.1) is 0 Å². The first-order valence-corrected chi connectivity index (χ1v) is 39.3. The van der Waals surface area contributed by atoms with Crippen molar-refractivity contribution in [3.63, 3.8) is 0 Å². The zero-order chi connectivity index (χ0) is 62.0. The van der Waals surface area contributed by atoms with Crippen molar-refractivity contribution >= 4 is 11.9 Å². The van der Waals surface area contributed by atoms with Gasteiger partial charge in [-0.05, 0) is 83.5 Å². The summed E-state index contributed by atoms with van der Waals surface area (Å²) in [5, 5.41) is 23.1. The smallest absolute Gasteiger partial charge is 0.305 e. The van der Waals surface area contributed by atoms with Gasteiger partial charge in [0.15, 0.2) is 0 Å². The Bertz CT molecular complexity index is 1390. The van der Waals surface area contributed by atoms with Gasteiger partial charge in [0.2, 0.25) is 5.91 Å². The first kappa shape index (κ1) is 84.1. The van der Waals surface area contributed by atoms with E-state index in [0.29, 0.717) is 19.4 Å². The molecule has 0 fully saturated rings. The number of esters is 1. The summed E-state index contributed by atoms with van der Waals surface area (Å²) in [5.74, 6) is -0.0423. The Morgan fingerprint density at radius 3 is 0.826 bits per heavy atom. The van der Waals surface area contributed by atoms with Crippen LogP contribution in [0, 0.1) is 0 Å². The maximum atomic E-state index is 12.5. The molecule has 3 N–H and O–H groups in total. The van der Waals surface area contributed by atoms with E-state index in [-0.39, 0.29) is 18.5 Å². The van der Waals surface area contributed by atoms with Crippen molar-refractivity contribution in [2.75, 3.05) is 13.2 Å². The van der Waals surface area contributed by atoms with Gasteiger partial charge < -0.3 is 20.3 Å². The number of amides is 1. The second-order valence-electron chi connectivity index (χ2n) is 27.0. The van der Waals surface area contributed by atoms with Crippen molar-refractivity contribution in [1.29, 1.82) is 0 Å². The number of hydrogen-bond donors (Lipinski definition) is 3. The number of carbonyl (C=O) groups excluding carboxylic acids is 2. The fourth-order valence-corrected chi connectivity index (χ4v) is 12.4. The second-order valence-corrected chi connectivity index (χ2v) is 27.0. The van der Waals surface area contributed by atoms with Crippen LogP contribution in [0.2, 0.25) is 0 Å². The minimum Gasteiger partial charge on any atom is -0.466 e. The predicted molar refractivity (Wildman–Crippen MR) is 379 cm³/mol. The molecule has 2 atom stereocenters. The zero-order valence-electron chi connectivity index (χ0n) is 58.3. The summed E-state index contributed by atoms with van der Waals surface area (Å²) in [4.78, 5) is 24.6. The van der Waals surface area contributed by atoms with Crippen LogP contribution in [0.25, 0.3) is 0 Å². The molecule has 0 rings (SSSR count). The van der Waals surface area contributed by atoms with Crippen molar-refractivity contribution in [3.05, 3.63) is 36.5 Å². The Labute approximate surface area is 538 Å². The number of unbranched alkanes of at least 4 members (excludes halogenated alkanes) is 59. The third kappa shape index (κ3) is 71.2. The van der Waals surface area contributed by atoms with E-state index in [2.05, 4.69) is 43.5 Å². The normalized spacial score (nSPS) is 12.7. The Kier molecular flexibility index (Phi) is 73.9. The largest absolute Gasteiger partial charge is 0.466 e. The highest BCUT2D eigenvalue weighted by Crippen LogP contribution is 2.19. The van der Waals surface area contributed by atoms with Gasteiger partial charge in [0.05, 0.1) is 25.4 Å². The maximum absolute atomic E-state index is 12.5.